The van der Waals surface area contributed by atoms with E-state index in [0.29, 0.717) is 30.5 Å². The molecule has 0 spiro atoms. The third-order valence-electron chi connectivity index (χ3n) is 6.82. The van der Waals surface area contributed by atoms with Gasteiger partial charge in [-0.15, -0.1) is 0 Å². The first-order valence-corrected chi connectivity index (χ1v) is 13.0. The van der Waals surface area contributed by atoms with Crippen molar-refractivity contribution in [2.45, 2.75) is 26.5 Å². The highest BCUT2D eigenvalue weighted by Gasteiger charge is 2.26. The van der Waals surface area contributed by atoms with Crippen LogP contribution in [0.4, 0.5) is 11.5 Å². The van der Waals surface area contributed by atoms with Gasteiger partial charge in [0.1, 0.15) is 12.1 Å². The van der Waals surface area contributed by atoms with E-state index < -0.39 is 0 Å². The van der Waals surface area contributed by atoms with Gasteiger partial charge < -0.3 is 24.5 Å². The number of ether oxygens (including phenoxy) is 3. The van der Waals surface area contributed by atoms with Crippen LogP contribution in [0.15, 0.2) is 48.9 Å². The molecule has 2 aromatic heterocycles. The summed E-state index contributed by atoms with van der Waals surface area (Å²) in [6, 6.07) is 12.0. The number of nitrogens with zero attached hydrogens (tertiary/aromatic N) is 4. The molecular weight excluding hydrogens is 484 g/mol. The number of carbonyl (C=O) groups is 1. The van der Waals surface area contributed by atoms with Crippen LogP contribution in [0.1, 0.15) is 20.3 Å². The first-order chi connectivity index (χ1) is 18.6. The fourth-order valence-electron chi connectivity index (χ4n) is 4.84. The molecule has 1 saturated heterocycles. The molecule has 10 heteroatoms. The van der Waals surface area contributed by atoms with E-state index in [1.165, 1.54) is 0 Å². The number of rotatable bonds is 10. The number of hydrogen-bond donors (Lipinski definition) is 2. The van der Waals surface area contributed by atoms with Crippen molar-refractivity contribution in [2.75, 3.05) is 51.8 Å². The van der Waals surface area contributed by atoms with Crippen molar-refractivity contribution in [1.82, 2.24) is 24.8 Å². The fraction of sp³-hybridized carbons (Fsp3) is 0.393. The number of carbonyl (C=O) groups excluding carboxylic acids is 1. The Kier molecular flexibility index (Phi) is 7.90. The summed E-state index contributed by atoms with van der Waals surface area (Å²) in [7, 11) is 1.64. The van der Waals surface area contributed by atoms with Crippen molar-refractivity contribution in [3.05, 3.63) is 48.9 Å². The molecule has 0 amide bonds. The molecule has 3 heterocycles. The molecule has 4 aromatic rings. The maximum Gasteiger partial charge on any atom is 0.320 e. The molecule has 0 bridgehead atoms. The highest BCUT2D eigenvalue weighted by molar-refractivity contribution is 5.94. The predicted octanol–water partition coefficient (Wildman–Crippen LogP) is 4.16. The summed E-state index contributed by atoms with van der Waals surface area (Å²) in [5.41, 5.74) is 2.78. The minimum atomic E-state index is -0.175. The lowest BCUT2D eigenvalue weighted by Crippen LogP contribution is -2.52. The van der Waals surface area contributed by atoms with Gasteiger partial charge in [-0.25, -0.2) is 9.97 Å². The van der Waals surface area contributed by atoms with E-state index in [1.54, 1.807) is 13.4 Å². The average molecular weight is 519 g/mol. The zero-order valence-electron chi connectivity index (χ0n) is 22.1. The Morgan fingerprint density at radius 2 is 1.92 bits per heavy atom. The van der Waals surface area contributed by atoms with Gasteiger partial charge in [0.15, 0.2) is 17.7 Å². The zero-order valence-corrected chi connectivity index (χ0v) is 22.1. The van der Waals surface area contributed by atoms with Crippen LogP contribution < -0.4 is 14.8 Å². The number of hydrogen-bond acceptors (Lipinski definition) is 9. The number of piperazine rings is 1. The number of methoxy groups -OCH3 is 1. The molecule has 5 rings (SSSR count). The van der Waals surface area contributed by atoms with Crippen molar-refractivity contribution in [3.63, 3.8) is 0 Å². The van der Waals surface area contributed by atoms with E-state index in [0.717, 1.165) is 60.1 Å². The summed E-state index contributed by atoms with van der Waals surface area (Å²) < 4.78 is 17.3. The molecule has 2 N–H and O–H groups in total. The molecule has 200 valence electrons. The van der Waals surface area contributed by atoms with E-state index in [1.807, 2.05) is 43.5 Å². The molecule has 38 heavy (non-hydrogen) atoms. The van der Waals surface area contributed by atoms with Gasteiger partial charge in [0.25, 0.3) is 0 Å². The van der Waals surface area contributed by atoms with Crippen LogP contribution in [0.2, 0.25) is 0 Å². The van der Waals surface area contributed by atoms with Crippen LogP contribution >= 0.6 is 0 Å². The average Bonchev–Trinajstić information content (AvgIpc) is 3.40. The number of aromatic nitrogens is 3. The number of nitrogens with one attached hydrogen (secondary N) is 2. The maximum absolute atomic E-state index is 11.8. The van der Waals surface area contributed by atoms with Gasteiger partial charge in [-0.3, -0.25) is 14.6 Å². The molecule has 0 radical (unpaired) electrons. The minimum Gasteiger partial charge on any atom is -0.493 e. The number of anilines is 2. The Labute approximate surface area is 221 Å². The highest BCUT2D eigenvalue weighted by atomic mass is 16.5. The molecule has 2 aromatic carbocycles. The van der Waals surface area contributed by atoms with E-state index in [2.05, 4.69) is 43.1 Å². The van der Waals surface area contributed by atoms with Crippen molar-refractivity contribution in [3.8, 4) is 11.5 Å². The van der Waals surface area contributed by atoms with E-state index in [-0.39, 0.29) is 12.2 Å². The van der Waals surface area contributed by atoms with Gasteiger partial charge in [-0.05, 0) is 43.7 Å². The Morgan fingerprint density at radius 3 is 2.68 bits per heavy atom. The summed E-state index contributed by atoms with van der Waals surface area (Å²) in [6.07, 6.45) is 4.15. The van der Waals surface area contributed by atoms with Crippen LogP contribution in [-0.4, -0.2) is 83.4 Å². The third-order valence-corrected chi connectivity index (χ3v) is 6.82. The Morgan fingerprint density at radius 1 is 1.08 bits per heavy atom. The number of fused-ring (bicyclic) bond motifs is 2. The van der Waals surface area contributed by atoms with Gasteiger partial charge in [0.2, 0.25) is 0 Å². The van der Waals surface area contributed by atoms with Crippen LogP contribution in [0.5, 0.6) is 11.5 Å². The third kappa shape index (κ3) is 5.66. The first kappa shape index (κ1) is 25.7. The van der Waals surface area contributed by atoms with Gasteiger partial charge in [-0.1, -0.05) is 6.92 Å². The monoisotopic (exact) mass is 518 g/mol. The number of H-pyrrole nitrogens is 1. The SMILES string of the molecule is CCOC(=O)CN1CCN(C(CC)Oc2cc3ncnc(Nc4ccc5[nH]ccc5c4)c3cc2OC)CC1. The van der Waals surface area contributed by atoms with Crippen LogP contribution in [0.25, 0.3) is 21.8 Å². The van der Waals surface area contributed by atoms with Gasteiger partial charge in [-0.2, -0.15) is 0 Å². The lowest BCUT2D eigenvalue weighted by Gasteiger charge is -2.38. The summed E-state index contributed by atoms with van der Waals surface area (Å²) in [6.45, 7) is 7.83. The largest absolute Gasteiger partial charge is 0.493 e. The standard InChI is InChI=1S/C28H34N6O4/c1-4-26(34-12-10-33(11-13-34)17-27(35)37-5-2)38-25-16-23-21(15-24(25)36-3)28(31-18-30-23)32-20-6-7-22-19(14-20)8-9-29-22/h6-9,14-16,18,26,29H,4-5,10-13,17H2,1-3H3,(H,30,31,32). The molecule has 1 aliphatic rings. The smallest absolute Gasteiger partial charge is 0.320 e. The second-order valence-electron chi connectivity index (χ2n) is 9.25. The van der Waals surface area contributed by atoms with Crippen molar-refractivity contribution >= 4 is 39.3 Å². The van der Waals surface area contributed by atoms with E-state index in [4.69, 9.17) is 14.2 Å². The molecule has 1 fully saturated rings. The molecule has 10 nitrogen and oxygen atoms in total. The first-order valence-electron chi connectivity index (χ1n) is 13.0. The summed E-state index contributed by atoms with van der Waals surface area (Å²) >= 11 is 0. The Hall–Kier alpha value is -3.89. The lowest BCUT2D eigenvalue weighted by molar-refractivity contribution is -0.145. The van der Waals surface area contributed by atoms with Crippen LogP contribution in [0.3, 0.4) is 0 Å². The van der Waals surface area contributed by atoms with Crippen molar-refractivity contribution in [1.29, 1.82) is 0 Å². The predicted molar refractivity (Wildman–Crippen MR) is 147 cm³/mol. The van der Waals surface area contributed by atoms with Gasteiger partial charge in [0, 0.05) is 60.4 Å². The lowest BCUT2D eigenvalue weighted by atomic mass is 10.2. The van der Waals surface area contributed by atoms with Gasteiger partial charge in [0.05, 0.1) is 25.8 Å². The second kappa shape index (κ2) is 11.7. The molecule has 0 aliphatic carbocycles. The molecular formula is C28H34N6O4. The highest BCUT2D eigenvalue weighted by Crippen LogP contribution is 2.36. The number of aromatic amines is 1. The number of benzene rings is 2. The second-order valence-corrected chi connectivity index (χ2v) is 9.25. The Bertz CT molecular complexity index is 1400. The molecule has 1 unspecified atom stereocenters. The van der Waals surface area contributed by atoms with Crippen molar-refractivity contribution < 1.29 is 19.0 Å². The zero-order chi connectivity index (χ0) is 26.5. The molecule has 0 saturated carbocycles. The van der Waals surface area contributed by atoms with Crippen LogP contribution in [-0.2, 0) is 9.53 Å². The minimum absolute atomic E-state index is 0.126. The summed E-state index contributed by atoms with van der Waals surface area (Å²) in [4.78, 5) is 28.5. The Balaban J connectivity index is 1.32. The van der Waals surface area contributed by atoms with E-state index >= 15 is 0 Å². The quantitative estimate of drug-likeness (QED) is 0.300. The summed E-state index contributed by atoms with van der Waals surface area (Å²) in [5, 5.41) is 5.38. The molecule has 1 atom stereocenters. The van der Waals surface area contributed by atoms with Crippen molar-refractivity contribution in [2.24, 2.45) is 0 Å². The van der Waals surface area contributed by atoms with Crippen LogP contribution in [0, 0.1) is 0 Å². The molecule has 1 aliphatic heterocycles. The number of esters is 1. The normalized spacial score (nSPS) is 15.4. The fourth-order valence-corrected chi connectivity index (χ4v) is 4.84. The topological polar surface area (TPSA) is 105 Å². The summed E-state index contributed by atoms with van der Waals surface area (Å²) in [5.74, 6) is 1.78. The maximum atomic E-state index is 11.8. The van der Waals surface area contributed by atoms with E-state index in [9.17, 15) is 4.79 Å². The van der Waals surface area contributed by atoms with Gasteiger partial charge >= 0.3 is 5.97 Å².